The number of hydrogen-bond acceptors (Lipinski definition) is 5. The first-order chi connectivity index (χ1) is 15.9. The van der Waals surface area contributed by atoms with Crippen molar-refractivity contribution < 1.29 is 19.0 Å². The monoisotopic (exact) mass is 451 g/mol. The van der Waals surface area contributed by atoms with E-state index in [0.717, 1.165) is 35.4 Å². The van der Waals surface area contributed by atoms with Crippen LogP contribution in [-0.4, -0.2) is 42.8 Å². The highest BCUT2D eigenvalue weighted by Crippen LogP contribution is 2.40. The summed E-state index contributed by atoms with van der Waals surface area (Å²) in [5.74, 6) is 3.54. The van der Waals surface area contributed by atoms with E-state index in [0.29, 0.717) is 34.6 Å². The predicted octanol–water partition coefficient (Wildman–Crippen LogP) is 4.91. The highest BCUT2D eigenvalue weighted by molar-refractivity contribution is 5.97. The van der Waals surface area contributed by atoms with Crippen LogP contribution in [0.2, 0.25) is 0 Å². The Morgan fingerprint density at radius 2 is 1.73 bits per heavy atom. The van der Waals surface area contributed by atoms with Crippen molar-refractivity contribution in [2.24, 2.45) is 11.8 Å². The van der Waals surface area contributed by atoms with Gasteiger partial charge in [-0.25, -0.2) is 4.98 Å². The quantitative estimate of drug-likeness (QED) is 0.576. The summed E-state index contributed by atoms with van der Waals surface area (Å²) in [6.45, 7) is 6.45. The molecule has 1 saturated carbocycles. The van der Waals surface area contributed by atoms with Crippen LogP contribution in [0.5, 0.6) is 17.2 Å². The first-order valence-electron chi connectivity index (χ1n) is 11.5. The predicted molar refractivity (Wildman–Crippen MR) is 129 cm³/mol. The molecule has 4 rings (SSSR count). The van der Waals surface area contributed by atoms with Gasteiger partial charge in [0.05, 0.1) is 38.1 Å². The fraction of sp³-hybridized carbons (Fsp3) is 0.462. The van der Waals surface area contributed by atoms with Gasteiger partial charge in [0.15, 0.2) is 11.5 Å². The van der Waals surface area contributed by atoms with Crippen LogP contribution in [0, 0.1) is 18.8 Å². The summed E-state index contributed by atoms with van der Waals surface area (Å²) in [7, 11) is 4.77. The normalized spacial score (nSPS) is 20.5. The molecule has 1 aliphatic rings. The van der Waals surface area contributed by atoms with Gasteiger partial charge >= 0.3 is 0 Å². The Labute approximate surface area is 195 Å². The van der Waals surface area contributed by atoms with Gasteiger partial charge in [0.2, 0.25) is 5.75 Å². The summed E-state index contributed by atoms with van der Waals surface area (Å²) in [6.07, 6.45) is 3.43. The Balaban J connectivity index is 1.68. The van der Waals surface area contributed by atoms with E-state index in [-0.39, 0.29) is 11.9 Å². The van der Waals surface area contributed by atoms with Crippen molar-refractivity contribution in [3.8, 4) is 22.9 Å². The van der Waals surface area contributed by atoms with Gasteiger partial charge in [-0.05, 0) is 43.4 Å². The Morgan fingerprint density at radius 3 is 2.36 bits per heavy atom. The maximum Gasteiger partial charge on any atom is 0.251 e. The summed E-state index contributed by atoms with van der Waals surface area (Å²) < 4.78 is 18.5. The zero-order chi connectivity index (χ0) is 23.7. The minimum Gasteiger partial charge on any atom is -0.493 e. The summed E-state index contributed by atoms with van der Waals surface area (Å²) in [6, 6.07) is 9.67. The minimum absolute atomic E-state index is 0.0390. The fourth-order valence-electron chi connectivity index (χ4n) is 4.90. The molecule has 7 nitrogen and oxygen atoms in total. The molecule has 1 aliphatic carbocycles. The molecule has 0 radical (unpaired) electrons. The van der Waals surface area contributed by atoms with Crippen LogP contribution in [-0.2, 0) is 0 Å². The van der Waals surface area contributed by atoms with Crippen molar-refractivity contribution in [1.29, 1.82) is 0 Å². The molecular weight excluding hydrogens is 418 g/mol. The number of amides is 1. The first kappa shape index (κ1) is 23.0. The van der Waals surface area contributed by atoms with Crippen LogP contribution in [0.1, 0.15) is 49.3 Å². The molecule has 7 heteroatoms. The van der Waals surface area contributed by atoms with Gasteiger partial charge in [0.1, 0.15) is 5.82 Å². The summed E-state index contributed by atoms with van der Waals surface area (Å²) in [5, 5.41) is 3.26. The third-order valence-corrected chi connectivity index (χ3v) is 7.02. The van der Waals surface area contributed by atoms with Crippen molar-refractivity contribution >= 4 is 16.9 Å². The molecule has 0 aliphatic heterocycles. The number of aromatic nitrogens is 2. The third-order valence-electron chi connectivity index (χ3n) is 7.02. The minimum atomic E-state index is -0.0390. The number of carbonyl (C=O) groups excluding carboxylic acids is 1. The zero-order valence-electron chi connectivity index (χ0n) is 20.3. The summed E-state index contributed by atoms with van der Waals surface area (Å²) in [5.41, 5.74) is 3.13. The van der Waals surface area contributed by atoms with Crippen LogP contribution in [0.3, 0.4) is 0 Å². The number of carbonyl (C=O) groups is 1. The largest absolute Gasteiger partial charge is 0.493 e. The summed E-state index contributed by atoms with van der Waals surface area (Å²) >= 11 is 0. The molecule has 0 saturated heterocycles. The first-order valence-corrected chi connectivity index (χ1v) is 11.5. The van der Waals surface area contributed by atoms with Crippen molar-refractivity contribution in [1.82, 2.24) is 14.9 Å². The maximum absolute atomic E-state index is 13.0. The molecule has 176 valence electrons. The van der Waals surface area contributed by atoms with Crippen molar-refractivity contribution in [2.45, 2.75) is 46.1 Å². The Morgan fingerprint density at radius 1 is 1.03 bits per heavy atom. The van der Waals surface area contributed by atoms with Gasteiger partial charge in [0, 0.05) is 23.7 Å². The van der Waals surface area contributed by atoms with E-state index in [1.807, 2.05) is 41.8 Å². The SMILES string of the molecule is COc1cc(-n2c(C)nc3cc(C(=O)N[C@@H]4CCC[C@@H](C)[C@H]4C)ccc32)cc(OC)c1OC. The van der Waals surface area contributed by atoms with Gasteiger partial charge in [-0.15, -0.1) is 0 Å². The molecule has 1 fully saturated rings. The average Bonchev–Trinajstić information content (AvgIpc) is 3.15. The molecule has 0 spiro atoms. The second-order valence-corrected chi connectivity index (χ2v) is 8.93. The number of nitrogens with one attached hydrogen (secondary N) is 1. The number of aryl methyl sites for hydroxylation is 1. The van der Waals surface area contributed by atoms with E-state index in [2.05, 4.69) is 19.2 Å². The molecule has 1 amide bonds. The Hall–Kier alpha value is -3.22. The highest BCUT2D eigenvalue weighted by Gasteiger charge is 2.28. The smallest absolute Gasteiger partial charge is 0.251 e. The molecule has 1 heterocycles. The second-order valence-electron chi connectivity index (χ2n) is 8.93. The Kier molecular flexibility index (Phi) is 6.49. The molecule has 0 bridgehead atoms. The third kappa shape index (κ3) is 4.24. The van der Waals surface area contributed by atoms with Crippen LogP contribution >= 0.6 is 0 Å². The van der Waals surface area contributed by atoms with E-state index >= 15 is 0 Å². The molecule has 0 unspecified atom stereocenters. The van der Waals surface area contributed by atoms with E-state index in [9.17, 15) is 4.79 Å². The van der Waals surface area contributed by atoms with E-state index in [4.69, 9.17) is 19.2 Å². The lowest BCUT2D eigenvalue weighted by Gasteiger charge is -2.34. The zero-order valence-corrected chi connectivity index (χ0v) is 20.3. The standard InChI is InChI=1S/C26H33N3O4/c1-15-8-7-9-20(16(15)2)28-26(30)18-10-11-22-21(12-18)27-17(3)29(22)19-13-23(31-4)25(33-6)24(14-19)32-5/h10-16,20H,7-9H2,1-6H3,(H,28,30)/t15-,16-,20-/m1/s1. The molecule has 3 aromatic rings. The fourth-order valence-corrected chi connectivity index (χ4v) is 4.90. The lowest BCUT2D eigenvalue weighted by atomic mass is 9.78. The molecular formula is C26H33N3O4. The highest BCUT2D eigenvalue weighted by atomic mass is 16.5. The van der Waals surface area contributed by atoms with Crippen molar-refractivity contribution in [2.75, 3.05) is 21.3 Å². The lowest BCUT2D eigenvalue weighted by molar-refractivity contribution is 0.0891. The van der Waals surface area contributed by atoms with Gasteiger partial charge in [-0.2, -0.15) is 0 Å². The van der Waals surface area contributed by atoms with Crippen LogP contribution in [0.4, 0.5) is 0 Å². The molecule has 1 aromatic heterocycles. The number of methoxy groups -OCH3 is 3. The van der Waals surface area contributed by atoms with Gasteiger partial charge in [0.25, 0.3) is 5.91 Å². The van der Waals surface area contributed by atoms with Crippen molar-refractivity contribution in [3.05, 3.63) is 41.7 Å². The average molecular weight is 452 g/mol. The van der Waals surface area contributed by atoms with E-state index < -0.39 is 0 Å². The topological polar surface area (TPSA) is 74.6 Å². The van der Waals surface area contributed by atoms with Gasteiger partial charge in [-0.1, -0.05) is 26.7 Å². The lowest BCUT2D eigenvalue weighted by Crippen LogP contribution is -2.43. The molecule has 33 heavy (non-hydrogen) atoms. The van der Waals surface area contributed by atoms with Gasteiger partial charge in [-0.3, -0.25) is 9.36 Å². The number of benzene rings is 2. The second kappa shape index (κ2) is 9.33. The Bertz CT molecular complexity index is 1140. The number of rotatable bonds is 6. The van der Waals surface area contributed by atoms with Crippen LogP contribution < -0.4 is 19.5 Å². The van der Waals surface area contributed by atoms with Crippen LogP contribution in [0.25, 0.3) is 16.7 Å². The molecule has 2 aromatic carbocycles. The maximum atomic E-state index is 13.0. The van der Waals surface area contributed by atoms with E-state index in [1.165, 1.54) is 6.42 Å². The van der Waals surface area contributed by atoms with E-state index in [1.54, 1.807) is 21.3 Å². The number of ether oxygens (including phenoxy) is 3. The van der Waals surface area contributed by atoms with Crippen LogP contribution in [0.15, 0.2) is 30.3 Å². The summed E-state index contributed by atoms with van der Waals surface area (Å²) in [4.78, 5) is 17.7. The molecule has 3 atom stereocenters. The molecule has 1 N–H and O–H groups in total. The number of hydrogen-bond donors (Lipinski definition) is 1. The van der Waals surface area contributed by atoms with Crippen molar-refractivity contribution in [3.63, 3.8) is 0 Å². The number of fused-ring (bicyclic) bond motifs is 1. The number of nitrogens with zero attached hydrogens (tertiary/aromatic N) is 2. The number of imidazole rings is 1. The van der Waals surface area contributed by atoms with Gasteiger partial charge < -0.3 is 19.5 Å².